The standard InChI is InChI=1S/C12H16ClN3O3S2/c1-12(2-5-19-6-3-12)8-14-21(17,18)10-9(13)15-11-16(10)4-7-20-11/h4,7,14H,2-3,5-6,8H2,1H3. The van der Waals surface area contributed by atoms with Crippen LogP contribution in [0.2, 0.25) is 5.15 Å². The molecule has 1 aliphatic heterocycles. The molecule has 3 rings (SSSR count). The highest BCUT2D eigenvalue weighted by Gasteiger charge is 2.31. The molecule has 0 saturated carbocycles. The normalized spacial score (nSPS) is 19.1. The Hall–Kier alpha value is -0.670. The van der Waals surface area contributed by atoms with Gasteiger partial charge in [0.05, 0.1) is 0 Å². The van der Waals surface area contributed by atoms with Crippen LogP contribution in [-0.4, -0.2) is 37.6 Å². The van der Waals surface area contributed by atoms with E-state index in [1.807, 2.05) is 0 Å². The number of rotatable bonds is 4. The number of halogens is 1. The van der Waals surface area contributed by atoms with Crippen molar-refractivity contribution in [1.82, 2.24) is 14.1 Å². The lowest BCUT2D eigenvalue weighted by molar-refractivity contribution is 0.0264. The van der Waals surface area contributed by atoms with Crippen LogP contribution in [0.3, 0.4) is 0 Å². The van der Waals surface area contributed by atoms with Gasteiger partial charge in [-0.1, -0.05) is 18.5 Å². The van der Waals surface area contributed by atoms with E-state index in [0.717, 1.165) is 12.8 Å². The van der Waals surface area contributed by atoms with Crippen LogP contribution in [0.1, 0.15) is 19.8 Å². The van der Waals surface area contributed by atoms with E-state index >= 15 is 0 Å². The molecule has 0 aliphatic carbocycles. The van der Waals surface area contributed by atoms with E-state index in [4.69, 9.17) is 16.3 Å². The molecule has 0 spiro atoms. The maximum Gasteiger partial charge on any atom is 0.259 e. The second-order valence-electron chi connectivity index (χ2n) is 5.51. The monoisotopic (exact) mass is 349 g/mol. The van der Waals surface area contributed by atoms with Crippen LogP contribution < -0.4 is 4.72 Å². The second-order valence-corrected chi connectivity index (χ2v) is 8.42. The molecule has 2 aromatic heterocycles. The Balaban J connectivity index is 1.84. The first-order valence-corrected chi connectivity index (χ1v) is 9.34. The minimum Gasteiger partial charge on any atom is -0.381 e. The third kappa shape index (κ3) is 2.95. The van der Waals surface area contributed by atoms with Gasteiger partial charge in [-0.2, -0.15) is 0 Å². The molecule has 0 unspecified atom stereocenters. The molecule has 1 fully saturated rings. The highest BCUT2D eigenvalue weighted by Crippen LogP contribution is 2.30. The number of hydrogen-bond acceptors (Lipinski definition) is 5. The van der Waals surface area contributed by atoms with Gasteiger partial charge in [-0.25, -0.2) is 18.1 Å². The Morgan fingerprint density at radius 1 is 1.52 bits per heavy atom. The fourth-order valence-corrected chi connectivity index (χ4v) is 5.00. The zero-order chi connectivity index (χ0) is 15.1. The molecule has 0 atom stereocenters. The number of nitrogens with zero attached hydrogens (tertiary/aromatic N) is 2. The SMILES string of the molecule is CC1(CNS(=O)(=O)c2c(Cl)nc3sccn23)CCOCC1. The summed E-state index contributed by atoms with van der Waals surface area (Å²) in [5.74, 6) is 0. The average molecular weight is 350 g/mol. The molecule has 6 nitrogen and oxygen atoms in total. The van der Waals surface area contributed by atoms with E-state index in [-0.39, 0.29) is 15.6 Å². The molecular weight excluding hydrogens is 334 g/mol. The molecule has 0 radical (unpaired) electrons. The Bertz CT molecular complexity index is 747. The van der Waals surface area contributed by atoms with Gasteiger partial charge in [-0.3, -0.25) is 4.40 Å². The Morgan fingerprint density at radius 2 is 2.24 bits per heavy atom. The number of nitrogens with one attached hydrogen (secondary N) is 1. The zero-order valence-corrected chi connectivity index (χ0v) is 13.9. The van der Waals surface area contributed by atoms with E-state index in [9.17, 15) is 8.42 Å². The summed E-state index contributed by atoms with van der Waals surface area (Å²) in [6, 6.07) is 0. The molecule has 0 aromatic carbocycles. The highest BCUT2D eigenvalue weighted by molar-refractivity contribution is 7.89. The van der Waals surface area contributed by atoms with Crippen LogP contribution in [0.25, 0.3) is 4.96 Å². The summed E-state index contributed by atoms with van der Waals surface area (Å²) in [5, 5.41) is 1.79. The maximum absolute atomic E-state index is 12.5. The van der Waals surface area contributed by atoms with Gasteiger partial charge in [0.25, 0.3) is 10.0 Å². The number of ether oxygens (including phenoxy) is 1. The van der Waals surface area contributed by atoms with E-state index in [1.165, 1.54) is 15.7 Å². The lowest BCUT2D eigenvalue weighted by Crippen LogP contribution is -2.39. The fourth-order valence-electron chi connectivity index (χ4n) is 2.36. The summed E-state index contributed by atoms with van der Waals surface area (Å²) in [6.45, 7) is 3.77. The third-order valence-corrected chi connectivity index (χ3v) is 6.38. The van der Waals surface area contributed by atoms with Gasteiger partial charge in [-0.15, -0.1) is 11.3 Å². The fraction of sp³-hybridized carbons (Fsp3) is 0.583. The van der Waals surface area contributed by atoms with Crippen molar-refractivity contribution < 1.29 is 13.2 Å². The lowest BCUT2D eigenvalue weighted by Gasteiger charge is -2.33. The largest absolute Gasteiger partial charge is 0.381 e. The predicted octanol–water partition coefficient (Wildman–Crippen LogP) is 2.14. The first-order chi connectivity index (χ1) is 9.91. The molecule has 1 saturated heterocycles. The quantitative estimate of drug-likeness (QED) is 0.917. The molecule has 21 heavy (non-hydrogen) atoms. The molecular formula is C12H16ClN3O3S2. The molecule has 116 valence electrons. The van der Waals surface area contributed by atoms with Gasteiger partial charge in [0, 0.05) is 31.3 Å². The van der Waals surface area contributed by atoms with Gasteiger partial charge in [0.1, 0.15) is 0 Å². The molecule has 1 N–H and O–H groups in total. The van der Waals surface area contributed by atoms with Crippen LogP contribution in [-0.2, 0) is 14.8 Å². The Kier molecular flexibility index (Phi) is 4.00. The number of imidazole rings is 1. The second kappa shape index (κ2) is 5.51. The number of thiazole rings is 1. The van der Waals surface area contributed by atoms with Crippen molar-refractivity contribution in [3.05, 3.63) is 16.7 Å². The average Bonchev–Trinajstić information content (AvgIpc) is 2.97. The Morgan fingerprint density at radius 3 is 2.95 bits per heavy atom. The summed E-state index contributed by atoms with van der Waals surface area (Å²) in [5.41, 5.74) is -0.0871. The van der Waals surface area contributed by atoms with E-state index in [0.29, 0.717) is 24.7 Å². The predicted molar refractivity (Wildman–Crippen MR) is 81.4 cm³/mol. The van der Waals surface area contributed by atoms with Crippen molar-refractivity contribution in [1.29, 1.82) is 0 Å². The molecule has 2 aromatic rings. The number of hydrogen-bond donors (Lipinski definition) is 1. The van der Waals surface area contributed by atoms with Gasteiger partial charge in [0.2, 0.25) is 0 Å². The molecule has 3 heterocycles. The number of aromatic nitrogens is 2. The topological polar surface area (TPSA) is 72.7 Å². The van der Waals surface area contributed by atoms with E-state index < -0.39 is 10.0 Å². The van der Waals surface area contributed by atoms with Crippen molar-refractivity contribution in [2.75, 3.05) is 19.8 Å². The van der Waals surface area contributed by atoms with Crippen molar-refractivity contribution in [2.45, 2.75) is 24.8 Å². The zero-order valence-electron chi connectivity index (χ0n) is 11.5. The summed E-state index contributed by atoms with van der Waals surface area (Å²) < 4.78 is 34.6. The summed E-state index contributed by atoms with van der Waals surface area (Å²) >= 11 is 7.33. The summed E-state index contributed by atoms with van der Waals surface area (Å²) in [6.07, 6.45) is 3.33. The first-order valence-electron chi connectivity index (χ1n) is 6.60. The van der Waals surface area contributed by atoms with E-state index in [1.54, 1.807) is 11.6 Å². The van der Waals surface area contributed by atoms with Crippen LogP contribution in [0.4, 0.5) is 0 Å². The maximum atomic E-state index is 12.5. The minimum atomic E-state index is -3.70. The van der Waals surface area contributed by atoms with Crippen molar-refractivity contribution >= 4 is 37.9 Å². The Labute approximate surface area is 132 Å². The van der Waals surface area contributed by atoms with Gasteiger partial charge >= 0.3 is 0 Å². The molecule has 0 bridgehead atoms. The van der Waals surface area contributed by atoms with E-state index in [2.05, 4.69) is 16.6 Å². The molecule has 0 amide bonds. The minimum absolute atomic E-state index is 0.00600. The summed E-state index contributed by atoms with van der Waals surface area (Å²) in [7, 11) is -3.70. The number of sulfonamides is 1. The van der Waals surface area contributed by atoms with Crippen LogP contribution in [0.5, 0.6) is 0 Å². The smallest absolute Gasteiger partial charge is 0.259 e. The van der Waals surface area contributed by atoms with Gasteiger partial charge in [0.15, 0.2) is 15.1 Å². The summed E-state index contributed by atoms with van der Waals surface area (Å²) in [4.78, 5) is 4.63. The van der Waals surface area contributed by atoms with Crippen LogP contribution >= 0.6 is 22.9 Å². The van der Waals surface area contributed by atoms with Crippen LogP contribution in [0.15, 0.2) is 16.6 Å². The number of fused-ring (bicyclic) bond motifs is 1. The van der Waals surface area contributed by atoms with Crippen molar-refractivity contribution in [2.24, 2.45) is 5.41 Å². The first kappa shape index (κ1) is 15.2. The van der Waals surface area contributed by atoms with Gasteiger partial charge in [-0.05, 0) is 18.3 Å². The van der Waals surface area contributed by atoms with Crippen molar-refractivity contribution in [3.63, 3.8) is 0 Å². The van der Waals surface area contributed by atoms with Crippen molar-refractivity contribution in [3.8, 4) is 0 Å². The third-order valence-electron chi connectivity index (χ3n) is 3.82. The molecule has 1 aliphatic rings. The lowest BCUT2D eigenvalue weighted by atomic mass is 9.83. The highest BCUT2D eigenvalue weighted by atomic mass is 35.5. The van der Waals surface area contributed by atoms with Gasteiger partial charge < -0.3 is 4.74 Å². The van der Waals surface area contributed by atoms with Crippen LogP contribution in [0, 0.1) is 5.41 Å². The molecule has 9 heteroatoms.